The maximum absolute atomic E-state index is 4.19. The van der Waals surface area contributed by atoms with Gasteiger partial charge in [-0.25, -0.2) is 0 Å². The van der Waals surface area contributed by atoms with E-state index in [9.17, 15) is 0 Å². The first kappa shape index (κ1) is 8.35. The van der Waals surface area contributed by atoms with Crippen LogP contribution in [0.2, 0.25) is 0 Å². The van der Waals surface area contributed by atoms with Gasteiger partial charge in [-0.15, -0.1) is 0 Å². The van der Waals surface area contributed by atoms with Gasteiger partial charge in [0, 0.05) is 0 Å². The van der Waals surface area contributed by atoms with Crippen molar-refractivity contribution in [2.45, 2.75) is 27.2 Å². The van der Waals surface area contributed by atoms with E-state index in [0.717, 1.165) is 17.6 Å². The summed E-state index contributed by atoms with van der Waals surface area (Å²) >= 11 is 4.19. The number of thiol groups is 1. The number of rotatable bonds is 3. The van der Waals surface area contributed by atoms with Crippen LogP contribution in [0.1, 0.15) is 27.2 Å². The molecule has 1 unspecified atom stereocenters. The van der Waals surface area contributed by atoms with E-state index in [-0.39, 0.29) is 0 Å². The van der Waals surface area contributed by atoms with Crippen molar-refractivity contribution >= 4 is 12.6 Å². The van der Waals surface area contributed by atoms with Gasteiger partial charge < -0.3 is 0 Å². The summed E-state index contributed by atoms with van der Waals surface area (Å²) in [5.41, 5.74) is 0. The predicted octanol–water partition coefficient (Wildman–Crippen LogP) is 2.60. The van der Waals surface area contributed by atoms with Gasteiger partial charge in [0.25, 0.3) is 0 Å². The summed E-state index contributed by atoms with van der Waals surface area (Å²) in [7, 11) is 0. The average Bonchev–Trinajstić information content (AvgIpc) is 1.65. The molecule has 0 heterocycles. The van der Waals surface area contributed by atoms with Crippen LogP contribution in [0.15, 0.2) is 0 Å². The van der Waals surface area contributed by atoms with Crippen LogP contribution >= 0.6 is 12.6 Å². The lowest BCUT2D eigenvalue weighted by molar-refractivity contribution is 0.475. The Bertz CT molecular complexity index is 50.3. The summed E-state index contributed by atoms with van der Waals surface area (Å²) in [5, 5.41) is 0. The summed E-state index contributed by atoms with van der Waals surface area (Å²) < 4.78 is 0. The van der Waals surface area contributed by atoms with Crippen LogP contribution in [0, 0.1) is 11.8 Å². The fraction of sp³-hybridized carbons (Fsp3) is 1.00. The van der Waals surface area contributed by atoms with Gasteiger partial charge in [-0.2, -0.15) is 12.6 Å². The van der Waals surface area contributed by atoms with Crippen LogP contribution in [0.5, 0.6) is 0 Å². The van der Waals surface area contributed by atoms with E-state index in [1.807, 2.05) is 0 Å². The molecule has 0 rings (SSSR count). The SMILES string of the molecule is CC(C)CC(C)CS. The van der Waals surface area contributed by atoms with Crippen LogP contribution in [-0.2, 0) is 0 Å². The molecule has 0 spiro atoms. The molecule has 0 aromatic heterocycles. The molecule has 0 aliphatic carbocycles. The minimum atomic E-state index is 0.790. The Morgan fingerprint density at radius 3 is 1.88 bits per heavy atom. The van der Waals surface area contributed by atoms with Gasteiger partial charge in [0.05, 0.1) is 0 Å². The first-order chi connectivity index (χ1) is 3.66. The smallest absolute Gasteiger partial charge is 0.00720 e. The summed E-state index contributed by atoms with van der Waals surface area (Å²) in [6.07, 6.45) is 1.31. The van der Waals surface area contributed by atoms with Crippen LogP contribution in [0.25, 0.3) is 0 Å². The lowest BCUT2D eigenvalue weighted by atomic mass is 10.0. The molecule has 0 aliphatic rings. The van der Waals surface area contributed by atoms with Gasteiger partial charge >= 0.3 is 0 Å². The van der Waals surface area contributed by atoms with Gasteiger partial charge in [0.1, 0.15) is 0 Å². The molecule has 0 aromatic carbocycles. The molecule has 1 atom stereocenters. The van der Waals surface area contributed by atoms with Crippen molar-refractivity contribution < 1.29 is 0 Å². The third-order valence-corrected chi connectivity index (χ3v) is 1.81. The molecule has 50 valence electrons. The van der Waals surface area contributed by atoms with E-state index in [1.165, 1.54) is 6.42 Å². The first-order valence-corrected chi connectivity index (χ1v) is 3.91. The van der Waals surface area contributed by atoms with E-state index < -0.39 is 0 Å². The average molecular weight is 132 g/mol. The summed E-state index contributed by atoms with van der Waals surface area (Å²) in [5.74, 6) is 2.65. The lowest BCUT2D eigenvalue weighted by Gasteiger charge is -2.09. The van der Waals surface area contributed by atoms with E-state index in [4.69, 9.17) is 0 Å². The molecule has 0 radical (unpaired) electrons. The zero-order valence-corrected chi connectivity index (χ0v) is 6.91. The quantitative estimate of drug-likeness (QED) is 0.561. The van der Waals surface area contributed by atoms with Gasteiger partial charge in [-0.3, -0.25) is 0 Å². The van der Waals surface area contributed by atoms with E-state index >= 15 is 0 Å². The molecule has 8 heavy (non-hydrogen) atoms. The van der Waals surface area contributed by atoms with Crippen molar-refractivity contribution in [1.29, 1.82) is 0 Å². The van der Waals surface area contributed by atoms with Crippen LogP contribution in [0.4, 0.5) is 0 Å². The molecule has 0 N–H and O–H groups in total. The third-order valence-electron chi connectivity index (χ3n) is 1.19. The van der Waals surface area contributed by atoms with Crippen molar-refractivity contribution in [2.75, 3.05) is 5.75 Å². The van der Waals surface area contributed by atoms with Crippen LogP contribution in [0.3, 0.4) is 0 Å². The van der Waals surface area contributed by atoms with Crippen molar-refractivity contribution in [3.63, 3.8) is 0 Å². The number of hydrogen-bond donors (Lipinski definition) is 1. The highest BCUT2D eigenvalue weighted by Gasteiger charge is 2.00. The van der Waals surface area contributed by atoms with Crippen molar-refractivity contribution in [2.24, 2.45) is 11.8 Å². The second-order valence-electron chi connectivity index (χ2n) is 2.92. The molecule has 0 amide bonds. The maximum atomic E-state index is 4.19. The Kier molecular flexibility index (Phi) is 4.44. The van der Waals surface area contributed by atoms with Gasteiger partial charge in [-0.05, 0) is 24.0 Å². The second-order valence-corrected chi connectivity index (χ2v) is 3.28. The Hall–Kier alpha value is 0.350. The molecule has 0 saturated carbocycles. The fourth-order valence-electron chi connectivity index (χ4n) is 0.879. The number of hydrogen-bond acceptors (Lipinski definition) is 1. The monoisotopic (exact) mass is 132 g/mol. The van der Waals surface area contributed by atoms with Gasteiger partial charge in [0.15, 0.2) is 0 Å². The highest BCUT2D eigenvalue weighted by Crippen LogP contribution is 2.11. The zero-order valence-electron chi connectivity index (χ0n) is 6.02. The Balaban J connectivity index is 3.10. The van der Waals surface area contributed by atoms with E-state index in [1.54, 1.807) is 0 Å². The maximum Gasteiger partial charge on any atom is -0.00720 e. The van der Waals surface area contributed by atoms with E-state index in [0.29, 0.717) is 0 Å². The van der Waals surface area contributed by atoms with Crippen molar-refractivity contribution in [1.82, 2.24) is 0 Å². The van der Waals surface area contributed by atoms with Crippen molar-refractivity contribution in [3.05, 3.63) is 0 Å². The van der Waals surface area contributed by atoms with Crippen LogP contribution < -0.4 is 0 Å². The molecular formula is C7H16S. The van der Waals surface area contributed by atoms with Gasteiger partial charge in [-0.1, -0.05) is 20.8 Å². The topological polar surface area (TPSA) is 0 Å². The second kappa shape index (κ2) is 4.25. The molecule has 0 aliphatic heterocycles. The molecule has 0 fully saturated rings. The standard InChI is InChI=1S/C7H16S/c1-6(2)4-7(3)5-8/h6-8H,4-5H2,1-3H3. The van der Waals surface area contributed by atoms with E-state index in [2.05, 4.69) is 33.4 Å². The highest BCUT2D eigenvalue weighted by molar-refractivity contribution is 7.80. The zero-order chi connectivity index (χ0) is 6.57. The molecular weight excluding hydrogens is 116 g/mol. The van der Waals surface area contributed by atoms with Gasteiger partial charge in [0.2, 0.25) is 0 Å². The summed E-state index contributed by atoms with van der Waals surface area (Å²) in [6.45, 7) is 6.74. The minimum Gasteiger partial charge on any atom is -0.179 e. The largest absolute Gasteiger partial charge is 0.179 e. The van der Waals surface area contributed by atoms with Crippen LogP contribution in [-0.4, -0.2) is 5.75 Å². The minimum absolute atomic E-state index is 0.790. The summed E-state index contributed by atoms with van der Waals surface area (Å²) in [6, 6.07) is 0. The Morgan fingerprint density at radius 1 is 1.25 bits per heavy atom. The Morgan fingerprint density at radius 2 is 1.75 bits per heavy atom. The molecule has 0 bridgehead atoms. The normalized spacial score (nSPS) is 14.6. The lowest BCUT2D eigenvalue weighted by Crippen LogP contribution is -2.00. The predicted molar refractivity (Wildman–Crippen MR) is 42.5 cm³/mol. The molecule has 0 saturated heterocycles. The highest BCUT2D eigenvalue weighted by atomic mass is 32.1. The summed E-state index contributed by atoms with van der Waals surface area (Å²) in [4.78, 5) is 0. The first-order valence-electron chi connectivity index (χ1n) is 3.27. The fourth-order valence-corrected chi connectivity index (χ4v) is 1.03. The molecule has 1 heteroatoms. The van der Waals surface area contributed by atoms with Crippen molar-refractivity contribution in [3.8, 4) is 0 Å². The third kappa shape index (κ3) is 4.51. The molecule has 0 nitrogen and oxygen atoms in total. The molecule has 0 aromatic rings. The Labute approximate surface area is 58.1 Å².